The molecule has 1 aliphatic heterocycles. The number of nitrogens with one attached hydrogen (secondary N) is 1. The van der Waals surface area contributed by atoms with Gasteiger partial charge in [-0.25, -0.2) is 4.39 Å². The molecule has 1 saturated carbocycles. The van der Waals surface area contributed by atoms with Gasteiger partial charge in [0.25, 0.3) is 0 Å². The molecule has 2 fully saturated rings. The standard InChI is InChI=1S/C18H27FN2/c1-13(20-2)15-9-5-10-16(19)18(15)21-12-6-8-14-7-3-4-11-17(14)21/h5,9-10,13-14,17,20H,3-4,6-8,11-12H2,1-2H3/t13?,14-,17-/m1/s1. The van der Waals surface area contributed by atoms with E-state index in [1.54, 1.807) is 6.07 Å². The average Bonchev–Trinajstić information content (AvgIpc) is 2.53. The third-order valence-electron chi connectivity index (χ3n) is 5.45. The Morgan fingerprint density at radius 2 is 1.95 bits per heavy atom. The van der Waals surface area contributed by atoms with Crippen molar-refractivity contribution in [3.63, 3.8) is 0 Å². The van der Waals surface area contributed by atoms with E-state index in [9.17, 15) is 4.39 Å². The van der Waals surface area contributed by atoms with Gasteiger partial charge in [-0.2, -0.15) is 0 Å². The lowest BCUT2D eigenvalue weighted by atomic mass is 9.78. The van der Waals surface area contributed by atoms with Crippen molar-refractivity contribution in [1.29, 1.82) is 0 Å². The van der Waals surface area contributed by atoms with Crippen LogP contribution in [0.2, 0.25) is 0 Å². The number of fused-ring (bicyclic) bond motifs is 1. The Labute approximate surface area is 127 Å². The Morgan fingerprint density at radius 3 is 2.76 bits per heavy atom. The van der Waals surface area contributed by atoms with Crippen LogP contribution in [0.5, 0.6) is 0 Å². The molecule has 21 heavy (non-hydrogen) atoms. The van der Waals surface area contributed by atoms with Gasteiger partial charge in [-0.3, -0.25) is 0 Å². The maximum absolute atomic E-state index is 14.6. The van der Waals surface area contributed by atoms with Crippen LogP contribution in [0.3, 0.4) is 0 Å². The predicted octanol–water partition coefficient (Wildman–Crippen LogP) is 4.27. The van der Waals surface area contributed by atoms with Gasteiger partial charge in [0.05, 0.1) is 5.69 Å². The van der Waals surface area contributed by atoms with Crippen molar-refractivity contribution in [3.05, 3.63) is 29.6 Å². The van der Waals surface area contributed by atoms with Crippen LogP contribution in [-0.4, -0.2) is 19.6 Å². The molecule has 0 amide bonds. The second-order valence-corrected chi connectivity index (χ2v) is 6.64. The molecule has 0 aromatic heterocycles. The molecule has 1 N–H and O–H groups in total. The molecule has 1 saturated heterocycles. The largest absolute Gasteiger partial charge is 0.366 e. The third-order valence-corrected chi connectivity index (χ3v) is 5.45. The Bertz CT molecular complexity index is 486. The Morgan fingerprint density at radius 1 is 1.19 bits per heavy atom. The van der Waals surface area contributed by atoms with Gasteiger partial charge in [0, 0.05) is 18.6 Å². The van der Waals surface area contributed by atoms with Gasteiger partial charge < -0.3 is 10.2 Å². The number of hydrogen-bond acceptors (Lipinski definition) is 2. The van der Waals surface area contributed by atoms with Gasteiger partial charge in [-0.15, -0.1) is 0 Å². The highest BCUT2D eigenvalue weighted by Gasteiger charge is 2.35. The Balaban J connectivity index is 1.98. The van der Waals surface area contributed by atoms with E-state index in [-0.39, 0.29) is 11.9 Å². The molecule has 0 radical (unpaired) electrons. The summed E-state index contributed by atoms with van der Waals surface area (Å²) in [7, 11) is 1.94. The minimum Gasteiger partial charge on any atom is -0.366 e. The van der Waals surface area contributed by atoms with Crippen molar-refractivity contribution in [2.75, 3.05) is 18.5 Å². The first-order valence-corrected chi connectivity index (χ1v) is 8.44. The third kappa shape index (κ3) is 2.80. The van der Waals surface area contributed by atoms with Crippen LogP contribution in [0.1, 0.15) is 57.1 Å². The number of anilines is 1. The summed E-state index contributed by atoms with van der Waals surface area (Å²) in [5.74, 6) is 0.714. The summed E-state index contributed by atoms with van der Waals surface area (Å²) in [6.45, 7) is 3.12. The minimum atomic E-state index is -0.0548. The number of para-hydroxylation sites is 1. The van der Waals surface area contributed by atoms with E-state index < -0.39 is 0 Å². The van der Waals surface area contributed by atoms with Gasteiger partial charge >= 0.3 is 0 Å². The summed E-state index contributed by atoms with van der Waals surface area (Å²) in [6.07, 6.45) is 7.73. The van der Waals surface area contributed by atoms with Crippen LogP contribution in [0.15, 0.2) is 18.2 Å². The van der Waals surface area contributed by atoms with E-state index in [1.807, 2.05) is 13.1 Å². The van der Waals surface area contributed by atoms with E-state index in [4.69, 9.17) is 0 Å². The lowest BCUT2D eigenvalue weighted by Crippen LogP contribution is -2.47. The SMILES string of the molecule is CNC(C)c1cccc(F)c1N1CCC[C@H]2CCCC[C@H]21. The van der Waals surface area contributed by atoms with Crippen LogP contribution in [0, 0.1) is 11.7 Å². The normalized spacial score (nSPS) is 27.3. The van der Waals surface area contributed by atoms with Crippen LogP contribution in [0.25, 0.3) is 0 Å². The highest BCUT2D eigenvalue weighted by atomic mass is 19.1. The molecule has 2 nitrogen and oxygen atoms in total. The summed E-state index contributed by atoms with van der Waals surface area (Å²) in [5.41, 5.74) is 1.96. The molecule has 2 aliphatic rings. The topological polar surface area (TPSA) is 15.3 Å². The molecule has 1 unspecified atom stereocenters. The smallest absolute Gasteiger partial charge is 0.146 e. The van der Waals surface area contributed by atoms with Gasteiger partial charge in [0.15, 0.2) is 0 Å². The maximum Gasteiger partial charge on any atom is 0.146 e. The number of rotatable bonds is 3. The predicted molar refractivity (Wildman–Crippen MR) is 86.2 cm³/mol. The van der Waals surface area contributed by atoms with Crippen molar-refractivity contribution in [2.24, 2.45) is 5.92 Å². The lowest BCUT2D eigenvalue weighted by Gasteiger charge is -2.46. The summed E-state index contributed by atoms with van der Waals surface area (Å²) in [5, 5.41) is 3.27. The fraction of sp³-hybridized carbons (Fsp3) is 0.667. The second kappa shape index (κ2) is 6.35. The molecule has 1 aliphatic carbocycles. The molecular weight excluding hydrogens is 263 g/mol. The van der Waals surface area contributed by atoms with Crippen molar-refractivity contribution in [3.8, 4) is 0 Å². The molecule has 1 heterocycles. The number of piperidine rings is 1. The summed E-state index contributed by atoms with van der Waals surface area (Å²) in [4.78, 5) is 2.39. The molecule has 116 valence electrons. The summed E-state index contributed by atoms with van der Waals surface area (Å²) >= 11 is 0. The van der Waals surface area contributed by atoms with Crippen molar-refractivity contribution in [2.45, 2.75) is 57.5 Å². The second-order valence-electron chi connectivity index (χ2n) is 6.64. The molecule has 0 bridgehead atoms. The monoisotopic (exact) mass is 290 g/mol. The molecule has 3 atom stereocenters. The van der Waals surface area contributed by atoms with Crippen molar-refractivity contribution >= 4 is 5.69 Å². The van der Waals surface area contributed by atoms with E-state index in [1.165, 1.54) is 38.5 Å². The molecule has 3 heteroatoms. The zero-order valence-corrected chi connectivity index (χ0v) is 13.2. The molecule has 3 rings (SSSR count). The highest BCUT2D eigenvalue weighted by molar-refractivity contribution is 5.57. The van der Waals surface area contributed by atoms with E-state index in [2.05, 4.69) is 23.2 Å². The van der Waals surface area contributed by atoms with Crippen LogP contribution >= 0.6 is 0 Å². The van der Waals surface area contributed by atoms with Crippen molar-refractivity contribution in [1.82, 2.24) is 5.32 Å². The average molecular weight is 290 g/mol. The zero-order valence-electron chi connectivity index (χ0n) is 13.2. The fourth-order valence-electron chi connectivity index (χ4n) is 4.24. The Hall–Kier alpha value is -1.09. The van der Waals surface area contributed by atoms with Gasteiger partial charge in [0.2, 0.25) is 0 Å². The Kier molecular flexibility index (Phi) is 4.48. The number of benzene rings is 1. The zero-order chi connectivity index (χ0) is 14.8. The molecule has 1 aromatic carbocycles. The maximum atomic E-state index is 14.6. The lowest BCUT2D eigenvalue weighted by molar-refractivity contribution is 0.242. The van der Waals surface area contributed by atoms with Crippen molar-refractivity contribution < 1.29 is 4.39 Å². The van der Waals surface area contributed by atoms with Crippen LogP contribution in [0.4, 0.5) is 10.1 Å². The number of hydrogen-bond donors (Lipinski definition) is 1. The number of nitrogens with zero attached hydrogens (tertiary/aromatic N) is 1. The molecular formula is C18H27FN2. The van der Waals surface area contributed by atoms with Gasteiger partial charge in [-0.1, -0.05) is 25.0 Å². The van der Waals surface area contributed by atoms with Gasteiger partial charge in [-0.05, 0) is 57.2 Å². The molecule has 1 aromatic rings. The van der Waals surface area contributed by atoms with E-state index in [0.29, 0.717) is 6.04 Å². The molecule has 0 spiro atoms. The number of halogens is 1. The first-order chi connectivity index (χ1) is 10.2. The fourth-order valence-corrected chi connectivity index (χ4v) is 4.24. The first-order valence-electron chi connectivity index (χ1n) is 8.44. The summed E-state index contributed by atoms with van der Waals surface area (Å²) in [6, 6.07) is 6.26. The van der Waals surface area contributed by atoms with E-state index >= 15 is 0 Å². The van der Waals surface area contributed by atoms with Crippen LogP contribution in [-0.2, 0) is 0 Å². The summed E-state index contributed by atoms with van der Waals surface area (Å²) < 4.78 is 14.6. The minimum absolute atomic E-state index is 0.0548. The quantitative estimate of drug-likeness (QED) is 0.894. The highest BCUT2D eigenvalue weighted by Crippen LogP contribution is 2.40. The first kappa shape index (κ1) is 14.8. The van der Waals surface area contributed by atoms with Gasteiger partial charge in [0.1, 0.15) is 5.82 Å². The van der Waals surface area contributed by atoms with E-state index in [0.717, 1.165) is 23.7 Å². The van der Waals surface area contributed by atoms with Crippen LogP contribution < -0.4 is 10.2 Å².